The zero-order chi connectivity index (χ0) is 19.3. The van der Waals surface area contributed by atoms with E-state index in [4.69, 9.17) is 16.3 Å². The second-order valence-electron chi connectivity index (χ2n) is 5.36. The molecule has 2 rings (SSSR count). The second kappa shape index (κ2) is 8.20. The van der Waals surface area contributed by atoms with E-state index in [0.717, 1.165) is 0 Å². The molecule has 0 radical (unpaired) electrons. The Labute approximate surface area is 156 Å². The Morgan fingerprint density at radius 1 is 1.08 bits per heavy atom. The van der Waals surface area contributed by atoms with E-state index in [0.29, 0.717) is 22.1 Å². The van der Waals surface area contributed by atoms with Crippen molar-refractivity contribution in [3.05, 3.63) is 47.5 Å². The molecule has 0 fully saturated rings. The van der Waals surface area contributed by atoms with Gasteiger partial charge in [-0.1, -0.05) is 11.6 Å². The van der Waals surface area contributed by atoms with E-state index in [2.05, 4.69) is 10.6 Å². The first kappa shape index (κ1) is 19.7. The highest BCUT2D eigenvalue weighted by Gasteiger charge is 2.19. The predicted octanol–water partition coefficient (Wildman–Crippen LogP) is 2.72. The standard InChI is InChI=1S/C17H17ClN2O5S/c1-11(21)19-15-9-13(5-8-16(15)25-2)20-17(22)10-26(23,24)14-6-3-12(18)4-7-14/h3-9H,10H2,1-2H3,(H,19,21)(H,20,22). The number of hydrogen-bond donors (Lipinski definition) is 2. The zero-order valence-electron chi connectivity index (χ0n) is 14.1. The maximum absolute atomic E-state index is 12.3. The molecule has 138 valence electrons. The van der Waals surface area contributed by atoms with Gasteiger partial charge in [-0.15, -0.1) is 0 Å². The van der Waals surface area contributed by atoms with Gasteiger partial charge in [0, 0.05) is 17.6 Å². The van der Waals surface area contributed by atoms with Crippen LogP contribution in [-0.2, 0) is 19.4 Å². The smallest absolute Gasteiger partial charge is 0.239 e. The van der Waals surface area contributed by atoms with E-state index in [1.807, 2.05) is 0 Å². The fourth-order valence-corrected chi connectivity index (χ4v) is 3.43. The van der Waals surface area contributed by atoms with E-state index < -0.39 is 21.5 Å². The van der Waals surface area contributed by atoms with Gasteiger partial charge in [0.25, 0.3) is 0 Å². The number of anilines is 2. The minimum Gasteiger partial charge on any atom is -0.495 e. The van der Waals surface area contributed by atoms with Crippen LogP contribution in [0.3, 0.4) is 0 Å². The van der Waals surface area contributed by atoms with Crippen LogP contribution in [-0.4, -0.2) is 33.1 Å². The largest absolute Gasteiger partial charge is 0.495 e. The normalized spacial score (nSPS) is 10.9. The Balaban J connectivity index is 2.14. The maximum atomic E-state index is 12.3. The van der Waals surface area contributed by atoms with Crippen LogP contribution in [0, 0.1) is 0 Å². The summed E-state index contributed by atoms with van der Waals surface area (Å²) in [5.41, 5.74) is 0.684. The van der Waals surface area contributed by atoms with E-state index in [-0.39, 0.29) is 10.8 Å². The molecule has 0 bridgehead atoms. The molecule has 9 heteroatoms. The van der Waals surface area contributed by atoms with Crippen molar-refractivity contribution in [3.8, 4) is 5.75 Å². The van der Waals surface area contributed by atoms with Gasteiger partial charge in [0.05, 0.1) is 17.7 Å². The van der Waals surface area contributed by atoms with Gasteiger partial charge in [-0.2, -0.15) is 0 Å². The predicted molar refractivity (Wildman–Crippen MR) is 99.4 cm³/mol. The van der Waals surface area contributed by atoms with Crippen LogP contribution in [0.4, 0.5) is 11.4 Å². The highest BCUT2D eigenvalue weighted by Crippen LogP contribution is 2.28. The molecule has 0 saturated carbocycles. The lowest BCUT2D eigenvalue weighted by molar-refractivity contribution is -0.114. The molecule has 2 aromatic carbocycles. The van der Waals surface area contributed by atoms with Crippen molar-refractivity contribution in [2.45, 2.75) is 11.8 Å². The van der Waals surface area contributed by atoms with Gasteiger partial charge in [0.15, 0.2) is 9.84 Å². The third-order valence-corrected chi connectivity index (χ3v) is 5.17. The molecule has 0 aromatic heterocycles. The summed E-state index contributed by atoms with van der Waals surface area (Å²) in [6, 6.07) is 10.1. The molecule has 0 spiro atoms. The highest BCUT2D eigenvalue weighted by molar-refractivity contribution is 7.92. The van der Waals surface area contributed by atoms with Gasteiger partial charge in [-0.3, -0.25) is 9.59 Å². The zero-order valence-corrected chi connectivity index (χ0v) is 15.6. The quantitative estimate of drug-likeness (QED) is 0.781. The van der Waals surface area contributed by atoms with E-state index >= 15 is 0 Å². The average Bonchev–Trinajstić information content (AvgIpc) is 2.54. The van der Waals surface area contributed by atoms with Crippen LogP contribution in [0.2, 0.25) is 5.02 Å². The molecular formula is C17H17ClN2O5S. The van der Waals surface area contributed by atoms with Crippen molar-refractivity contribution < 1.29 is 22.7 Å². The van der Waals surface area contributed by atoms with Crippen molar-refractivity contribution in [3.63, 3.8) is 0 Å². The first-order chi connectivity index (χ1) is 12.2. The summed E-state index contributed by atoms with van der Waals surface area (Å²) in [5.74, 6) is -1.33. The summed E-state index contributed by atoms with van der Waals surface area (Å²) in [4.78, 5) is 23.4. The molecular weight excluding hydrogens is 380 g/mol. The van der Waals surface area contributed by atoms with Gasteiger partial charge in [-0.25, -0.2) is 8.42 Å². The summed E-state index contributed by atoms with van der Waals surface area (Å²) in [7, 11) is -2.36. The number of amides is 2. The van der Waals surface area contributed by atoms with Crippen molar-refractivity contribution >= 4 is 44.6 Å². The molecule has 0 aliphatic carbocycles. The molecule has 7 nitrogen and oxygen atoms in total. The first-order valence-corrected chi connectivity index (χ1v) is 9.48. The topological polar surface area (TPSA) is 102 Å². The van der Waals surface area contributed by atoms with Gasteiger partial charge in [0.2, 0.25) is 11.8 Å². The van der Waals surface area contributed by atoms with Crippen LogP contribution in [0.1, 0.15) is 6.92 Å². The van der Waals surface area contributed by atoms with Crippen LogP contribution in [0.15, 0.2) is 47.4 Å². The SMILES string of the molecule is COc1ccc(NC(=O)CS(=O)(=O)c2ccc(Cl)cc2)cc1NC(C)=O. The number of carbonyl (C=O) groups excluding carboxylic acids is 2. The fraction of sp³-hybridized carbons (Fsp3) is 0.176. The molecule has 0 atom stereocenters. The number of benzene rings is 2. The van der Waals surface area contributed by atoms with Crippen LogP contribution >= 0.6 is 11.6 Å². The van der Waals surface area contributed by atoms with Crippen LogP contribution < -0.4 is 15.4 Å². The minimum atomic E-state index is -3.80. The Morgan fingerprint density at radius 2 is 1.73 bits per heavy atom. The molecule has 0 saturated heterocycles. The summed E-state index contributed by atoms with van der Waals surface area (Å²) >= 11 is 5.74. The molecule has 2 amide bonds. The van der Waals surface area contributed by atoms with Crippen molar-refractivity contribution in [1.82, 2.24) is 0 Å². The number of hydrogen-bond acceptors (Lipinski definition) is 5. The Kier molecular flexibility index (Phi) is 6.23. The number of nitrogens with one attached hydrogen (secondary N) is 2. The highest BCUT2D eigenvalue weighted by atomic mass is 35.5. The van der Waals surface area contributed by atoms with Crippen LogP contribution in [0.5, 0.6) is 5.75 Å². The Hall–Kier alpha value is -2.58. The van der Waals surface area contributed by atoms with Gasteiger partial charge >= 0.3 is 0 Å². The van der Waals surface area contributed by atoms with E-state index in [9.17, 15) is 18.0 Å². The second-order valence-corrected chi connectivity index (χ2v) is 7.78. The molecule has 26 heavy (non-hydrogen) atoms. The summed E-state index contributed by atoms with van der Waals surface area (Å²) < 4.78 is 29.7. The van der Waals surface area contributed by atoms with Gasteiger partial charge in [-0.05, 0) is 42.5 Å². The first-order valence-electron chi connectivity index (χ1n) is 7.45. The number of halogens is 1. The van der Waals surface area contributed by atoms with E-state index in [1.165, 1.54) is 50.4 Å². The van der Waals surface area contributed by atoms with Crippen molar-refractivity contribution in [1.29, 1.82) is 0 Å². The van der Waals surface area contributed by atoms with Crippen LogP contribution in [0.25, 0.3) is 0 Å². The van der Waals surface area contributed by atoms with Crippen molar-refractivity contribution in [2.75, 3.05) is 23.5 Å². The lowest BCUT2D eigenvalue weighted by Crippen LogP contribution is -2.23. The number of carbonyl (C=O) groups is 2. The fourth-order valence-electron chi connectivity index (χ4n) is 2.17. The van der Waals surface area contributed by atoms with Gasteiger partial charge < -0.3 is 15.4 Å². The minimum absolute atomic E-state index is 0.00529. The number of methoxy groups -OCH3 is 1. The molecule has 2 aromatic rings. The molecule has 2 N–H and O–H groups in total. The van der Waals surface area contributed by atoms with Crippen molar-refractivity contribution in [2.24, 2.45) is 0 Å². The van der Waals surface area contributed by atoms with Gasteiger partial charge in [0.1, 0.15) is 11.5 Å². The summed E-state index contributed by atoms with van der Waals surface area (Å²) in [6.07, 6.45) is 0. The molecule has 0 aliphatic rings. The number of ether oxygens (including phenoxy) is 1. The average molecular weight is 397 g/mol. The Morgan fingerprint density at radius 3 is 2.31 bits per heavy atom. The molecule has 0 unspecified atom stereocenters. The molecule has 0 heterocycles. The summed E-state index contributed by atoms with van der Waals surface area (Å²) in [6.45, 7) is 1.34. The Bertz CT molecular complexity index is 927. The lowest BCUT2D eigenvalue weighted by Gasteiger charge is -2.12. The third-order valence-electron chi connectivity index (χ3n) is 3.29. The third kappa shape index (κ3) is 5.21. The number of rotatable bonds is 6. The summed E-state index contributed by atoms with van der Waals surface area (Å²) in [5, 5.41) is 5.46. The lowest BCUT2D eigenvalue weighted by atomic mass is 10.2. The number of sulfone groups is 1. The monoisotopic (exact) mass is 396 g/mol. The maximum Gasteiger partial charge on any atom is 0.239 e. The van der Waals surface area contributed by atoms with E-state index in [1.54, 1.807) is 6.07 Å². The molecule has 0 aliphatic heterocycles.